The first-order chi connectivity index (χ1) is 12.4. The Labute approximate surface area is 146 Å². The van der Waals surface area contributed by atoms with E-state index in [-0.39, 0.29) is 35.5 Å². The maximum absolute atomic E-state index is 11.1. The Kier molecular flexibility index (Phi) is 4.56. The minimum Gasteiger partial charge on any atom is -0.477 e. The van der Waals surface area contributed by atoms with Crippen LogP contribution in [0.25, 0.3) is 11.5 Å². The fourth-order valence-corrected chi connectivity index (χ4v) is 2.19. The lowest BCUT2D eigenvalue weighted by atomic mass is 10.2. The molecule has 1 heterocycles. The summed E-state index contributed by atoms with van der Waals surface area (Å²) in [5.41, 5.74) is 1.04. The zero-order valence-electron chi connectivity index (χ0n) is 13.5. The van der Waals surface area contributed by atoms with Gasteiger partial charge in [0, 0.05) is 23.8 Å². The van der Waals surface area contributed by atoms with Crippen LogP contribution in [0.5, 0.6) is 5.75 Å². The lowest BCUT2D eigenvalue weighted by molar-refractivity contribution is -0.386. The summed E-state index contributed by atoms with van der Waals surface area (Å²) in [6, 6.07) is 10.2. The molecule has 2 aromatic carbocycles. The van der Waals surface area contributed by atoms with Crippen LogP contribution < -0.4 is 4.74 Å². The minimum atomic E-state index is -0.529. The maximum Gasteiger partial charge on any atom is 0.311 e. The number of hydrogen-bond donors (Lipinski definition) is 0. The average molecular weight is 356 g/mol. The Morgan fingerprint density at radius 1 is 1.04 bits per heavy atom. The number of hydrogen-bond acceptors (Lipinski definition) is 8. The van der Waals surface area contributed by atoms with Gasteiger partial charge >= 0.3 is 5.69 Å². The minimum absolute atomic E-state index is 0.0523. The van der Waals surface area contributed by atoms with Crippen molar-refractivity contribution in [2.45, 2.75) is 13.5 Å². The molecule has 10 nitrogen and oxygen atoms in total. The van der Waals surface area contributed by atoms with Crippen molar-refractivity contribution in [3.63, 3.8) is 0 Å². The number of aryl methyl sites for hydroxylation is 1. The summed E-state index contributed by atoms with van der Waals surface area (Å²) in [7, 11) is 0. The van der Waals surface area contributed by atoms with E-state index in [1.54, 1.807) is 13.0 Å². The summed E-state index contributed by atoms with van der Waals surface area (Å²) in [6.07, 6.45) is 0. The molecule has 0 unspecified atom stereocenters. The Hall–Kier alpha value is -3.82. The van der Waals surface area contributed by atoms with E-state index >= 15 is 0 Å². The highest BCUT2D eigenvalue weighted by Crippen LogP contribution is 2.28. The highest BCUT2D eigenvalue weighted by Gasteiger charge is 2.17. The van der Waals surface area contributed by atoms with Crippen LogP contribution in [0.15, 0.2) is 46.9 Å². The lowest BCUT2D eigenvalue weighted by Crippen LogP contribution is -1.99. The number of ether oxygens (including phenoxy) is 1. The zero-order valence-corrected chi connectivity index (χ0v) is 13.5. The normalized spacial score (nSPS) is 10.5. The van der Waals surface area contributed by atoms with Crippen LogP contribution in [0.4, 0.5) is 11.4 Å². The standard InChI is InChI=1S/C16H12N4O6/c1-10-2-7-14(13(8-10)20(23)24)25-9-15-17-18-16(26-15)11-3-5-12(6-4-11)19(21)22/h2-8H,9H2,1H3. The van der Waals surface area contributed by atoms with E-state index in [1.165, 1.54) is 36.4 Å². The van der Waals surface area contributed by atoms with E-state index < -0.39 is 9.85 Å². The molecular weight excluding hydrogens is 344 g/mol. The molecule has 0 saturated carbocycles. The summed E-state index contributed by atoms with van der Waals surface area (Å²) in [6.45, 7) is 1.59. The predicted molar refractivity (Wildman–Crippen MR) is 88.6 cm³/mol. The van der Waals surface area contributed by atoms with E-state index in [1.807, 2.05) is 0 Å². The lowest BCUT2D eigenvalue weighted by Gasteiger charge is -2.04. The van der Waals surface area contributed by atoms with Crippen molar-refractivity contribution in [2.24, 2.45) is 0 Å². The monoisotopic (exact) mass is 356 g/mol. The summed E-state index contributed by atoms with van der Waals surface area (Å²) in [4.78, 5) is 20.7. The molecule has 0 saturated heterocycles. The molecular formula is C16H12N4O6. The molecule has 0 fully saturated rings. The fourth-order valence-electron chi connectivity index (χ4n) is 2.19. The second-order valence-corrected chi connectivity index (χ2v) is 5.32. The molecule has 0 aliphatic heterocycles. The van der Waals surface area contributed by atoms with Crippen molar-refractivity contribution < 1.29 is 19.0 Å². The zero-order chi connectivity index (χ0) is 18.7. The van der Waals surface area contributed by atoms with Crippen LogP contribution in [-0.4, -0.2) is 20.0 Å². The van der Waals surface area contributed by atoms with E-state index in [0.717, 1.165) is 5.56 Å². The van der Waals surface area contributed by atoms with Gasteiger partial charge in [0.2, 0.25) is 5.89 Å². The third-order valence-corrected chi connectivity index (χ3v) is 3.45. The largest absolute Gasteiger partial charge is 0.477 e. The molecule has 0 radical (unpaired) electrons. The molecule has 0 aliphatic carbocycles. The molecule has 0 atom stereocenters. The van der Waals surface area contributed by atoms with Crippen LogP contribution in [-0.2, 0) is 6.61 Å². The average Bonchev–Trinajstić information content (AvgIpc) is 3.09. The number of nitro groups is 2. The van der Waals surface area contributed by atoms with Crippen molar-refractivity contribution in [2.75, 3.05) is 0 Å². The molecule has 10 heteroatoms. The van der Waals surface area contributed by atoms with Gasteiger partial charge in [-0.1, -0.05) is 6.07 Å². The number of benzene rings is 2. The van der Waals surface area contributed by atoms with Gasteiger partial charge in [-0.2, -0.15) is 0 Å². The van der Waals surface area contributed by atoms with E-state index in [0.29, 0.717) is 5.56 Å². The van der Waals surface area contributed by atoms with Crippen molar-refractivity contribution in [1.29, 1.82) is 0 Å². The van der Waals surface area contributed by atoms with Crippen LogP contribution >= 0.6 is 0 Å². The molecule has 26 heavy (non-hydrogen) atoms. The van der Waals surface area contributed by atoms with Gasteiger partial charge in [0.1, 0.15) is 0 Å². The molecule has 0 aliphatic rings. The van der Waals surface area contributed by atoms with Gasteiger partial charge in [-0.15, -0.1) is 10.2 Å². The Morgan fingerprint density at radius 2 is 1.77 bits per heavy atom. The van der Waals surface area contributed by atoms with Crippen LogP contribution in [0.2, 0.25) is 0 Å². The van der Waals surface area contributed by atoms with E-state index in [4.69, 9.17) is 9.15 Å². The van der Waals surface area contributed by atoms with E-state index in [2.05, 4.69) is 10.2 Å². The van der Waals surface area contributed by atoms with Gasteiger partial charge in [0.15, 0.2) is 12.4 Å². The van der Waals surface area contributed by atoms with Gasteiger partial charge in [0.05, 0.1) is 9.85 Å². The Bertz CT molecular complexity index is 967. The van der Waals surface area contributed by atoms with Gasteiger partial charge in [-0.3, -0.25) is 20.2 Å². The Balaban J connectivity index is 1.73. The van der Waals surface area contributed by atoms with Gasteiger partial charge in [-0.25, -0.2) is 0 Å². The molecule has 1 aromatic heterocycles. The molecule has 0 amide bonds. The highest BCUT2D eigenvalue weighted by atomic mass is 16.6. The Morgan fingerprint density at radius 3 is 2.42 bits per heavy atom. The SMILES string of the molecule is Cc1ccc(OCc2nnc(-c3ccc([N+](=O)[O-])cc3)o2)c([N+](=O)[O-])c1. The van der Waals surface area contributed by atoms with Crippen molar-refractivity contribution in [3.8, 4) is 17.2 Å². The number of nitrogens with zero attached hydrogens (tertiary/aromatic N) is 4. The van der Waals surface area contributed by atoms with Gasteiger partial charge in [-0.05, 0) is 30.7 Å². The van der Waals surface area contributed by atoms with E-state index in [9.17, 15) is 20.2 Å². The number of rotatable bonds is 6. The summed E-state index contributed by atoms with van der Waals surface area (Å²) < 4.78 is 10.8. The molecule has 132 valence electrons. The fraction of sp³-hybridized carbons (Fsp3) is 0.125. The van der Waals surface area contributed by atoms with Crippen molar-refractivity contribution in [1.82, 2.24) is 10.2 Å². The quantitative estimate of drug-likeness (QED) is 0.484. The topological polar surface area (TPSA) is 134 Å². The first-order valence-corrected chi connectivity index (χ1v) is 7.39. The number of non-ortho nitro benzene ring substituents is 1. The first kappa shape index (κ1) is 17.0. The van der Waals surface area contributed by atoms with Crippen LogP contribution in [0.3, 0.4) is 0 Å². The first-order valence-electron chi connectivity index (χ1n) is 7.39. The van der Waals surface area contributed by atoms with Crippen LogP contribution in [0.1, 0.15) is 11.5 Å². The highest BCUT2D eigenvalue weighted by molar-refractivity contribution is 5.55. The van der Waals surface area contributed by atoms with Gasteiger partial charge < -0.3 is 9.15 Å². The third-order valence-electron chi connectivity index (χ3n) is 3.45. The summed E-state index contributed by atoms with van der Waals surface area (Å²) in [5, 5.41) is 29.4. The molecule has 0 bridgehead atoms. The number of nitro benzene ring substituents is 2. The van der Waals surface area contributed by atoms with Gasteiger partial charge in [0.25, 0.3) is 11.6 Å². The number of aromatic nitrogens is 2. The maximum atomic E-state index is 11.1. The third kappa shape index (κ3) is 3.64. The second kappa shape index (κ2) is 6.97. The van der Waals surface area contributed by atoms with Crippen molar-refractivity contribution in [3.05, 3.63) is 74.1 Å². The predicted octanol–water partition coefficient (Wildman–Crippen LogP) is 3.44. The molecule has 3 rings (SSSR count). The van der Waals surface area contributed by atoms with Crippen LogP contribution in [0, 0.1) is 27.2 Å². The molecule has 0 N–H and O–H groups in total. The molecule has 3 aromatic rings. The summed E-state index contributed by atoms with van der Waals surface area (Å²) in [5.74, 6) is 0.376. The second-order valence-electron chi connectivity index (χ2n) is 5.32. The summed E-state index contributed by atoms with van der Waals surface area (Å²) >= 11 is 0. The smallest absolute Gasteiger partial charge is 0.311 e. The molecule has 0 spiro atoms. The van der Waals surface area contributed by atoms with Crippen molar-refractivity contribution >= 4 is 11.4 Å².